The van der Waals surface area contributed by atoms with E-state index in [4.69, 9.17) is 23.2 Å². The summed E-state index contributed by atoms with van der Waals surface area (Å²) in [6, 6.07) is 0. The molecule has 0 amide bonds. The molecule has 0 aliphatic rings. The van der Waals surface area contributed by atoms with E-state index in [1.54, 1.807) is 0 Å². The second kappa shape index (κ2) is 5.83. The van der Waals surface area contributed by atoms with Crippen LogP contribution in [0.1, 0.15) is 0 Å². The van der Waals surface area contributed by atoms with E-state index in [-0.39, 0.29) is 5.57 Å². The molecule has 13 heavy (non-hydrogen) atoms. The molecule has 4 nitrogen and oxygen atoms in total. The van der Waals surface area contributed by atoms with Gasteiger partial charge in [0.05, 0.1) is 14.2 Å². The van der Waals surface area contributed by atoms with E-state index < -0.39 is 16.6 Å². The van der Waals surface area contributed by atoms with Crippen molar-refractivity contribution in [3.05, 3.63) is 11.8 Å². The summed E-state index contributed by atoms with van der Waals surface area (Å²) >= 11 is 10.5. The van der Waals surface area contributed by atoms with Crippen molar-refractivity contribution in [1.29, 1.82) is 0 Å². The summed E-state index contributed by atoms with van der Waals surface area (Å²) < 4.78 is 8.81. The molecule has 0 aromatic heterocycles. The molecule has 0 spiro atoms. The smallest absolute Gasteiger partial charge is 0.344 e. The van der Waals surface area contributed by atoms with Crippen LogP contribution in [0.4, 0.5) is 0 Å². The largest absolute Gasteiger partial charge is 0.503 e. The Morgan fingerprint density at radius 1 is 1.31 bits per heavy atom. The Bertz CT molecular complexity index is 235. The van der Waals surface area contributed by atoms with Crippen molar-refractivity contribution in [2.45, 2.75) is 4.84 Å². The van der Waals surface area contributed by atoms with Crippen molar-refractivity contribution in [2.24, 2.45) is 0 Å². The summed E-state index contributed by atoms with van der Waals surface area (Å²) in [5.41, 5.74) is -0.319. The van der Waals surface area contributed by atoms with E-state index in [2.05, 4.69) is 9.47 Å². The first-order chi connectivity index (χ1) is 6.04. The van der Waals surface area contributed by atoms with E-state index >= 15 is 0 Å². The van der Waals surface area contributed by atoms with Crippen molar-refractivity contribution in [1.82, 2.24) is 0 Å². The van der Waals surface area contributed by atoms with Gasteiger partial charge in [0, 0.05) is 0 Å². The number of carbonyl (C=O) groups excluding carboxylic acids is 2. The Labute approximate surface area is 85.4 Å². The fourth-order valence-electron chi connectivity index (χ4n) is 0.552. The first kappa shape index (κ1) is 12.3. The van der Waals surface area contributed by atoms with Gasteiger partial charge in [0.2, 0.25) is 5.78 Å². The number of ether oxygens (including phenoxy) is 2. The van der Waals surface area contributed by atoms with Crippen LogP contribution in [0.15, 0.2) is 11.8 Å². The molecule has 6 heteroatoms. The maximum absolute atomic E-state index is 11.1. The van der Waals surface area contributed by atoms with Gasteiger partial charge in [0.15, 0.2) is 4.84 Å². The molecular formula is C7H8Cl2O4. The number of methoxy groups -OCH3 is 2. The summed E-state index contributed by atoms with van der Waals surface area (Å²) in [5.74, 6) is -1.59. The van der Waals surface area contributed by atoms with E-state index in [1.807, 2.05) is 0 Å². The van der Waals surface area contributed by atoms with Gasteiger partial charge in [-0.25, -0.2) is 4.79 Å². The van der Waals surface area contributed by atoms with Crippen LogP contribution in [-0.4, -0.2) is 30.8 Å². The molecule has 0 aliphatic carbocycles. The van der Waals surface area contributed by atoms with Crippen molar-refractivity contribution in [2.75, 3.05) is 14.2 Å². The van der Waals surface area contributed by atoms with Crippen molar-refractivity contribution >= 4 is 35.0 Å². The zero-order chi connectivity index (χ0) is 10.4. The minimum atomic E-state index is -1.31. The molecule has 74 valence electrons. The van der Waals surface area contributed by atoms with Crippen LogP contribution in [0.5, 0.6) is 0 Å². The third-order valence-electron chi connectivity index (χ3n) is 1.10. The topological polar surface area (TPSA) is 52.6 Å². The summed E-state index contributed by atoms with van der Waals surface area (Å²) in [6.45, 7) is 0. The highest BCUT2D eigenvalue weighted by Crippen LogP contribution is 2.11. The Balaban J connectivity index is 4.72. The SMILES string of the molecule is COC=C(C(=O)OC)C(=O)C(Cl)Cl. The van der Waals surface area contributed by atoms with E-state index in [1.165, 1.54) is 7.11 Å². The Kier molecular flexibility index (Phi) is 5.50. The van der Waals surface area contributed by atoms with Gasteiger partial charge >= 0.3 is 5.97 Å². The van der Waals surface area contributed by atoms with Crippen molar-refractivity contribution in [3.63, 3.8) is 0 Å². The fraction of sp³-hybridized carbons (Fsp3) is 0.429. The van der Waals surface area contributed by atoms with Gasteiger partial charge in [-0.15, -0.1) is 0 Å². The van der Waals surface area contributed by atoms with Crippen molar-refractivity contribution in [3.8, 4) is 0 Å². The molecular weight excluding hydrogens is 219 g/mol. The highest BCUT2D eigenvalue weighted by Gasteiger charge is 2.24. The lowest BCUT2D eigenvalue weighted by molar-refractivity contribution is -0.137. The molecule has 0 rings (SSSR count). The van der Waals surface area contributed by atoms with Gasteiger partial charge in [0.25, 0.3) is 0 Å². The van der Waals surface area contributed by atoms with E-state index in [9.17, 15) is 9.59 Å². The number of Topliss-reactive ketones (excluding diaryl/α,β-unsaturated/α-hetero) is 1. The van der Waals surface area contributed by atoms with Crippen LogP contribution in [0.25, 0.3) is 0 Å². The van der Waals surface area contributed by atoms with Gasteiger partial charge in [-0.1, -0.05) is 23.2 Å². The third-order valence-corrected chi connectivity index (χ3v) is 1.50. The number of hydrogen-bond donors (Lipinski definition) is 0. The van der Waals surface area contributed by atoms with Crippen LogP contribution in [-0.2, 0) is 19.1 Å². The zero-order valence-electron chi connectivity index (χ0n) is 7.04. The Morgan fingerprint density at radius 2 is 1.85 bits per heavy atom. The van der Waals surface area contributed by atoms with Gasteiger partial charge in [-0.3, -0.25) is 4.79 Å². The maximum Gasteiger partial charge on any atom is 0.344 e. The quantitative estimate of drug-likeness (QED) is 0.180. The minimum absolute atomic E-state index is 0.319. The number of ketones is 1. The molecule has 0 N–H and O–H groups in total. The average Bonchev–Trinajstić information content (AvgIpc) is 2.11. The molecule has 0 aromatic carbocycles. The monoisotopic (exact) mass is 226 g/mol. The van der Waals surface area contributed by atoms with Gasteiger partial charge in [0.1, 0.15) is 11.8 Å². The minimum Gasteiger partial charge on any atom is -0.503 e. The number of rotatable bonds is 4. The molecule has 0 atom stereocenters. The van der Waals surface area contributed by atoms with E-state index in [0.717, 1.165) is 13.4 Å². The second-order valence-electron chi connectivity index (χ2n) is 1.92. The summed E-state index contributed by atoms with van der Waals surface area (Å²) in [5, 5.41) is 0. The number of esters is 1. The number of alkyl halides is 2. The Hall–Kier alpha value is -0.740. The molecule has 0 radical (unpaired) electrons. The highest BCUT2D eigenvalue weighted by molar-refractivity contribution is 6.56. The molecule has 0 saturated heterocycles. The lowest BCUT2D eigenvalue weighted by atomic mass is 10.2. The van der Waals surface area contributed by atoms with Gasteiger partial charge < -0.3 is 9.47 Å². The first-order valence-electron chi connectivity index (χ1n) is 3.18. The van der Waals surface area contributed by atoms with Crippen LogP contribution in [0.2, 0.25) is 0 Å². The summed E-state index contributed by atoms with van der Waals surface area (Å²) in [4.78, 5) is 20.8. The molecule has 0 aromatic rings. The molecule has 0 heterocycles. The van der Waals surface area contributed by atoms with Crippen LogP contribution >= 0.6 is 23.2 Å². The van der Waals surface area contributed by atoms with Crippen LogP contribution in [0.3, 0.4) is 0 Å². The normalized spacial score (nSPS) is 11.3. The maximum atomic E-state index is 11.1. The third kappa shape index (κ3) is 3.65. The second-order valence-corrected chi connectivity index (χ2v) is 3.02. The first-order valence-corrected chi connectivity index (χ1v) is 4.05. The summed E-state index contributed by atoms with van der Waals surface area (Å²) in [6.07, 6.45) is 0.936. The molecule has 0 aliphatic heterocycles. The predicted octanol–water partition coefficient (Wildman–Crippen LogP) is 1.06. The van der Waals surface area contributed by atoms with Gasteiger partial charge in [-0.05, 0) is 0 Å². The van der Waals surface area contributed by atoms with Gasteiger partial charge in [-0.2, -0.15) is 0 Å². The summed E-state index contributed by atoms with van der Waals surface area (Å²) in [7, 11) is 2.42. The van der Waals surface area contributed by atoms with Crippen LogP contribution < -0.4 is 0 Å². The number of halogens is 2. The van der Waals surface area contributed by atoms with E-state index in [0.29, 0.717) is 0 Å². The standard InChI is InChI=1S/C7H8Cl2O4/c1-12-3-4(7(11)13-2)5(10)6(8)9/h3,6H,1-2H3. The molecule has 0 bridgehead atoms. The average molecular weight is 227 g/mol. The fourth-order valence-corrected chi connectivity index (χ4v) is 0.787. The zero-order valence-corrected chi connectivity index (χ0v) is 8.56. The Morgan fingerprint density at radius 3 is 2.15 bits per heavy atom. The number of carbonyl (C=O) groups is 2. The lowest BCUT2D eigenvalue weighted by Gasteiger charge is -2.03. The van der Waals surface area contributed by atoms with Crippen molar-refractivity contribution < 1.29 is 19.1 Å². The molecule has 0 saturated carbocycles. The molecule has 0 unspecified atom stereocenters. The number of hydrogen-bond acceptors (Lipinski definition) is 4. The van der Waals surface area contributed by atoms with Crippen LogP contribution in [0, 0.1) is 0 Å². The molecule has 0 fully saturated rings. The highest BCUT2D eigenvalue weighted by atomic mass is 35.5. The predicted molar refractivity (Wildman–Crippen MR) is 47.6 cm³/mol. The lowest BCUT2D eigenvalue weighted by Crippen LogP contribution is -2.19.